The average Bonchev–Trinajstić information content (AvgIpc) is 1.63. The van der Waals surface area contributed by atoms with E-state index in [9.17, 15) is 44.1 Å². The number of ether oxygens (including phenoxy) is 9. The SMILES string of the molecule is CCCC=CC=CC(=O)O[C@H]1C(=CC(=O)OC)C[C@H]2C[C@H]([C@@H](C)OC(=O)CCCCCCCC3CC3CC3CC3CCCCC)OC(=O)C[C@H](O)CC3C[C@H](OC(C)=O)C(C)(C)[C@](O)(C[C@@H]4CC(=CC(=O)OC)C[C@H](C=CC(C)(C)[C@]1(O)O2)O4)O3. The molecule has 3 N–H and O–H groups in total. The van der Waals surface area contributed by atoms with Gasteiger partial charge in [0.25, 0.3) is 0 Å². The maximum Gasteiger partial charge on any atom is 0.331 e. The molecule has 85 heavy (non-hydrogen) atoms. The van der Waals surface area contributed by atoms with Crippen molar-refractivity contribution in [1.29, 1.82) is 0 Å². The molecule has 0 aromatic heterocycles. The number of fused-ring (bicyclic) bond motifs is 6. The second-order valence-electron chi connectivity index (χ2n) is 26.3. The van der Waals surface area contributed by atoms with E-state index in [2.05, 4.69) is 6.92 Å². The molecule has 3 saturated heterocycles. The number of hydrogen-bond acceptors (Lipinski definition) is 18. The average molecular weight is 1200 g/mol. The maximum absolute atomic E-state index is 14.2. The minimum atomic E-state index is -2.51. The van der Waals surface area contributed by atoms with Crippen LogP contribution in [0.5, 0.6) is 0 Å². The first-order valence-corrected chi connectivity index (χ1v) is 31.8. The van der Waals surface area contributed by atoms with Crippen molar-refractivity contribution in [3.63, 3.8) is 0 Å². The van der Waals surface area contributed by atoms with E-state index in [0.717, 1.165) is 61.9 Å². The molecule has 6 aliphatic rings. The van der Waals surface area contributed by atoms with E-state index in [1.54, 1.807) is 52.8 Å². The van der Waals surface area contributed by atoms with Gasteiger partial charge in [0.2, 0.25) is 5.79 Å². The van der Waals surface area contributed by atoms with Crippen LogP contribution in [-0.4, -0.2) is 132 Å². The van der Waals surface area contributed by atoms with Crippen LogP contribution in [-0.2, 0) is 71.4 Å². The van der Waals surface area contributed by atoms with Crippen LogP contribution < -0.4 is 0 Å². The van der Waals surface area contributed by atoms with Gasteiger partial charge in [-0.05, 0) is 87.5 Å². The van der Waals surface area contributed by atoms with E-state index in [4.69, 9.17) is 42.6 Å². The van der Waals surface area contributed by atoms with Crippen molar-refractivity contribution in [1.82, 2.24) is 0 Å². The van der Waals surface area contributed by atoms with Gasteiger partial charge in [0.15, 0.2) is 11.9 Å². The first kappa shape index (κ1) is 69.4. The number of allylic oxidation sites excluding steroid dienone is 3. The Kier molecular flexibility index (Phi) is 26.1. The second-order valence-corrected chi connectivity index (χ2v) is 26.3. The van der Waals surface area contributed by atoms with Gasteiger partial charge >= 0.3 is 35.8 Å². The van der Waals surface area contributed by atoms with Gasteiger partial charge in [-0.2, -0.15) is 0 Å². The summed E-state index contributed by atoms with van der Waals surface area (Å²) in [6, 6.07) is 0. The van der Waals surface area contributed by atoms with Crippen molar-refractivity contribution >= 4 is 35.8 Å². The third-order valence-corrected chi connectivity index (χ3v) is 18.6. The lowest BCUT2D eigenvalue weighted by molar-refractivity contribution is -0.348. The largest absolute Gasteiger partial charge is 0.466 e. The number of carbonyl (C=O) groups excluding carboxylic acids is 6. The number of carbonyl (C=O) groups is 6. The fraction of sp³-hybridized carbons (Fsp3) is 0.761. The molecule has 478 valence electrons. The van der Waals surface area contributed by atoms with Gasteiger partial charge in [0, 0.05) is 62.7 Å². The summed E-state index contributed by atoms with van der Waals surface area (Å²) in [5.41, 5.74) is -2.12. The normalized spacial score (nSPS) is 34.2. The summed E-state index contributed by atoms with van der Waals surface area (Å²) < 4.78 is 54.0. The highest BCUT2D eigenvalue weighted by molar-refractivity contribution is 5.85. The van der Waals surface area contributed by atoms with Gasteiger partial charge < -0.3 is 58.0 Å². The van der Waals surface area contributed by atoms with Gasteiger partial charge in [0.05, 0.1) is 56.6 Å². The molecule has 6 bridgehead atoms. The van der Waals surface area contributed by atoms with E-state index in [-0.39, 0.29) is 56.9 Å². The molecule has 0 spiro atoms. The summed E-state index contributed by atoms with van der Waals surface area (Å²) in [5.74, 6) is -5.19. The highest BCUT2D eigenvalue weighted by Crippen LogP contribution is 2.55. The molecular formula is C67H102O18. The number of aliphatic hydroxyl groups excluding tert-OH is 1. The van der Waals surface area contributed by atoms with Crippen LogP contribution in [0.2, 0.25) is 0 Å². The Labute approximate surface area is 505 Å². The van der Waals surface area contributed by atoms with Crippen LogP contribution >= 0.6 is 0 Å². The van der Waals surface area contributed by atoms with Gasteiger partial charge in [-0.3, -0.25) is 14.4 Å². The van der Waals surface area contributed by atoms with Crippen molar-refractivity contribution in [2.24, 2.45) is 34.5 Å². The van der Waals surface area contributed by atoms with E-state index >= 15 is 0 Å². The Hall–Kier alpha value is -4.72. The zero-order valence-corrected chi connectivity index (χ0v) is 52.6. The molecule has 15 atom stereocenters. The minimum Gasteiger partial charge on any atom is -0.466 e. The summed E-state index contributed by atoms with van der Waals surface area (Å²) in [4.78, 5) is 80.2. The zero-order chi connectivity index (χ0) is 62.1. The van der Waals surface area contributed by atoms with Crippen molar-refractivity contribution in [2.45, 2.75) is 276 Å². The highest BCUT2D eigenvalue weighted by Gasteiger charge is 2.60. The van der Waals surface area contributed by atoms with E-state index in [1.807, 2.05) is 13.0 Å². The summed E-state index contributed by atoms with van der Waals surface area (Å²) in [7, 11) is 2.43. The quantitative estimate of drug-likeness (QED) is 0.0203. The molecule has 0 radical (unpaired) electrons. The van der Waals surface area contributed by atoms with Crippen LogP contribution in [0.15, 0.2) is 59.8 Å². The van der Waals surface area contributed by atoms with E-state index < -0.39 is 120 Å². The highest BCUT2D eigenvalue weighted by atomic mass is 16.7. The third kappa shape index (κ3) is 20.4. The maximum atomic E-state index is 14.2. The van der Waals surface area contributed by atoms with Gasteiger partial charge in [-0.1, -0.05) is 142 Å². The third-order valence-electron chi connectivity index (χ3n) is 18.6. The van der Waals surface area contributed by atoms with Gasteiger partial charge in [-0.15, -0.1) is 0 Å². The monoisotopic (exact) mass is 1190 g/mol. The van der Waals surface area contributed by atoms with E-state index in [1.165, 1.54) is 97.2 Å². The molecule has 18 nitrogen and oxygen atoms in total. The molecule has 5 unspecified atom stereocenters. The first-order chi connectivity index (χ1) is 40.3. The fourth-order valence-electron chi connectivity index (χ4n) is 13.1. The van der Waals surface area contributed by atoms with Crippen molar-refractivity contribution in [3.05, 3.63) is 59.8 Å². The molecule has 0 aromatic carbocycles. The molecular weight excluding hydrogens is 1090 g/mol. The molecule has 18 heteroatoms. The number of cyclic esters (lactones) is 1. The Morgan fingerprint density at radius 3 is 2.07 bits per heavy atom. The van der Waals surface area contributed by atoms with Crippen LogP contribution in [0, 0.1) is 34.5 Å². The molecule has 6 rings (SSSR count). The molecule has 5 fully saturated rings. The van der Waals surface area contributed by atoms with Crippen molar-refractivity contribution < 1.29 is 86.7 Å². The Morgan fingerprint density at radius 2 is 1.40 bits per heavy atom. The van der Waals surface area contributed by atoms with Crippen LogP contribution in [0.1, 0.15) is 209 Å². The Bertz CT molecular complexity index is 2400. The second kappa shape index (κ2) is 32.0. The lowest BCUT2D eigenvalue weighted by atomic mass is 9.70. The number of rotatable bonds is 24. The molecule has 2 saturated carbocycles. The molecule has 2 aliphatic carbocycles. The number of methoxy groups -OCH3 is 2. The summed E-state index contributed by atoms with van der Waals surface area (Å²) in [5, 5.41) is 37.7. The van der Waals surface area contributed by atoms with Crippen LogP contribution in [0.3, 0.4) is 0 Å². The predicted molar refractivity (Wildman–Crippen MR) is 316 cm³/mol. The van der Waals surface area contributed by atoms with Crippen molar-refractivity contribution in [2.75, 3.05) is 14.2 Å². The Morgan fingerprint density at radius 1 is 0.729 bits per heavy atom. The van der Waals surface area contributed by atoms with E-state index in [0.29, 0.717) is 12.0 Å². The molecule has 0 amide bonds. The van der Waals surface area contributed by atoms with Crippen LogP contribution in [0.25, 0.3) is 0 Å². The van der Waals surface area contributed by atoms with Gasteiger partial charge in [-0.25, -0.2) is 14.4 Å². The number of aliphatic hydroxyl groups is 3. The summed E-state index contributed by atoms with van der Waals surface area (Å²) in [6.07, 6.45) is 18.3. The standard InChI is InChI=1S/C67H102O18/c1-11-13-15-17-22-27-59(71)83-63-50(37-61(73)78-10)36-53-40-56(43(3)79-58(70)26-23-19-16-18-21-25-47-34-49(47)35-48-33-46(48)24-20-14-12-2)82-62(74)39-51(69)38-54-41-57(80-44(4)68)65(7,8)66(75,84-54)42-55-31-45(32-60(72)77-9)30-52(81-55)28-29-64(5,6)67(63,76)85-53/h15,17,22,27-29,32,37,43,46-49,51-57,63,69,75-76H,11-14,16,18-21,23-26,30-31,33-36,38-42H2,1-10H3/t43-,46?,47?,48?,49?,51-,52+,53+,54?,55+,56-,57+,63+,66+,67-/m1/s1. The summed E-state index contributed by atoms with van der Waals surface area (Å²) in [6.45, 7) is 13.8. The Balaban J connectivity index is 1.27. The minimum absolute atomic E-state index is 0.0585. The predicted octanol–water partition coefficient (Wildman–Crippen LogP) is 10.8. The van der Waals surface area contributed by atoms with Gasteiger partial charge in [0.1, 0.15) is 18.3 Å². The first-order valence-electron chi connectivity index (χ1n) is 31.8. The lowest BCUT2D eigenvalue weighted by Gasteiger charge is -2.53. The fourth-order valence-corrected chi connectivity index (χ4v) is 13.1. The molecule has 0 aromatic rings. The number of esters is 6. The number of unbranched alkanes of at least 4 members (excludes halogenated alkanes) is 7. The lowest BCUT2D eigenvalue weighted by Crippen LogP contribution is -2.62. The smallest absolute Gasteiger partial charge is 0.331 e. The van der Waals surface area contributed by atoms with Crippen LogP contribution in [0.4, 0.5) is 0 Å². The summed E-state index contributed by atoms with van der Waals surface area (Å²) >= 11 is 0. The van der Waals surface area contributed by atoms with Crippen molar-refractivity contribution in [3.8, 4) is 0 Å². The molecule has 4 aliphatic heterocycles. The zero-order valence-electron chi connectivity index (χ0n) is 52.6. The number of hydrogen-bond donors (Lipinski definition) is 3. The topological polar surface area (TPSA) is 246 Å². The molecule has 4 heterocycles.